The first kappa shape index (κ1) is 12.9. The van der Waals surface area contributed by atoms with Crippen LogP contribution in [0.4, 0.5) is 10.1 Å². The van der Waals surface area contributed by atoms with Gasteiger partial charge in [-0.25, -0.2) is 4.39 Å². The Hall–Kier alpha value is -1.58. The smallest absolute Gasteiger partial charge is 0.227 e. The summed E-state index contributed by atoms with van der Waals surface area (Å²) in [6.45, 7) is 2.27. The average molecular weight is 251 g/mol. The number of amides is 1. The third-order valence-corrected chi connectivity index (χ3v) is 3.23. The van der Waals surface area contributed by atoms with Gasteiger partial charge in [0.1, 0.15) is 11.6 Å². The van der Waals surface area contributed by atoms with E-state index in [1.807, 2.05) is 6.92 Å². The van der Waals surface area contributed by atoms with Crippen LogP contribution >= 0.6 is 0 Å². The second kappa shape index (κ2) is 5.85. The van der Waals surface area contributed by atoms with Gasteiger partial charge in [0.15, 0.2) is 0 Å². The molecule has 0 aromatic heterocycles. The van der Waals surface area contributed by atoms with Gasteiger partial charge in [0.05, 0.1) is 12.3 Å². The summed E-state index contributed by atoms with van der Waals surface area (Å²) in [5, 5.41) is 2.83. The molecule has 3 nitrogen and oxygen atoms in total. The summed E-state index contributed by atoms with van der Waals surface area (Å²) in [6.07, 6.45) is 4.10. The molecule has 1 N–H and O–H groups in total. The van der Waals surface area contributed by atoms with Crippen LogP contribution in [0.1, 0.15) is 32.6 Å². The Morgan fingerprint density at radius 2 is 2.17 bits per heavy atom. The van der Waals surface area contributed by atoms with Gasteiger partial charge in [-0.05, 0) is 31.9 Å². The maximum Gasteiger partial charge on any atom is 0.227 e. The molecule has 0 bridgehead atoms. The lowest BCUT2D eigenvalue weighted by Gasteiger charge is -2.14. The van der Waals surface area contributed by atoms with E-state index in [-0.39, 0.29) is 17.6 Å². The van der Waals surface area contributed by atoms with Gasteiger partial charge < -0.3 is 10.1 Å². The van der Waals surface area contributed by atoms with Crippen molar-refractivity contribution in [2.45, 2.75) is 32.6 Å². The molecule has 1 aliphatic rings. The number of hydrogen-bond acceptors (Lipinski definition) is 2. The predicted molar refractivity (Wildman–Crippen MR) is 68.2 cm³/mol. The second-order valence-electron chi connectivity index (χ2n) is 4.54. The highest BCUT2D eigenvalue weighted by Gasteiger charge is 2.23. The highest BCUT2D eigenvalue weighted by atomic mass is 19.1. The molecule has 1 aromatic carbocycles. The molecule has 0 unspecified atom stereocenters. The van der Waals surface area contributed by atoms with Crippen LogP contribution in [0, 0.1) is 11.7 Å². The summed E-state index contributed by atoms with van der Waals surface area (Å²) >= 11 is 0. The topological polar surface area (TPSA) is 38.3 Å². The van der Waals surface area contributed by atoms with Crippen molar-refractivity contribution in [3.8, 4) is 5.75 Å². The molecule has 4 heteroatoms. The number of carbonyl (C=O) groups is 1. The van der Waals surface area contributed by atoms with Crippen LogP contribution in [0.3, 0.4) is 0 Å². The van der Waals surface area contributed by atoms with Gasteiger partial charge in [-0.1, -0.05) is 12.8 Å². The molecule has 1 aromatic rings. The van der Waals surface area contributed by atoms with Gasteiger partial charge in [0, 0.05) is 12.0 Å². The van der Waals surface area contributed by atoms with Gasteiger partial charge in [-0.2, -0.15) is 0 Å². The monoisotopic (exact) mass is 251 g/mol. The fourth-order valence-electron chi connectivity index (χ4n) is 2.30. The van der Waals surface area contributed by atoms with E-state index < -0.39 is 0 Å². The van der Waals surface area contributed by atoms with Crippen LogP contribution in [0.2, 0.25) is 0 Å². The molecule has 98 valence electrons. The van der Waals surface area contributed by atoms with E-state index in [0.717, 1.165) is 25.7 Å². The minimum absolute atomic E-state index is 0.0139. The predicted octanol–water partition coefficient (Wildman–Crippen LogP) is 3.35. The molecule has 2 rings (SSSR count). The Bertz CT molecular complexity index is 428. The fraction of sp³-hybridized carbons (Fsp3) is 0.500. The summed E-state index contributed by atoms with van der Waals surface area (Å²) in [5.74, 6) is 0.130. The lowest BCUT2D eigenvalue weighted by Crippen LogP contribution is -2.20. The molecular formula is C14H18FNO2. The van der Waals surface area contributed by atoms with Crippen molar-refractivity contribution in [2.75, 3.05) is 11.9 Å². The van der Waals surface area contributed by atoms with Gasteiger partial charge in [-0.15, -0.1) is 0 Å². The number of hydrogen-bond donors (Lipinski definition) is 1. The Balaban J connectivity index is 2.09. The largest absolute Gasteiger partial charge is 0.492 e. The van der Waals surface area contributed by atoms with Crippen LogP contribution in [0.15, 0.2) is 18.2 Å². The van der Waals surface area contributed by atoms with Crippen molar-refractivity contribution in [2.24, 2.45) is 5.92 Å². The van der Waals surface area contributed by atoms with E-state index in [4.69, 9.17) is 4.74 Å². The number of halogens is 1. The summed E-state index contributed by atoms with van der Waals surface area (Å²) in [4.78, 5) is 12.0. The van der Waals surface area contributed by atoms with Gasteiger partial charge in [0.2, 0.25) is 5.91 Å². The van der Waals surface area contributed by atoms with E-state index in [1.54, 1.807) is 6.07 Å². The molecule has 0 spiro atoms. The van der Waals surface area contributed by atoms with Crippen LogP contribution in [-0.4, -0.2) is 12.5 Å². The molecule has 0 saturated heterocycles. The van der Waals surface area contributed by atoms with Crippen LogP contribution in [0.25, 0.3) is 0 Å². The number of carbonyl (C=O) groups excluding carboxylic acids is 1. The first-order valence-corrected chi connectivity index (χ1v) is 6.44. The van der Waals surface area contributed by atoms with Gasteiger partial charge in [-0.3, -0.25) is 4.79 Å². The SMILES string of the molecule is CCOc1cc(F)ccc1NC(=O)C1CCCC1. The van der Waals surface area contributed by atoms with Crippen molar-refractivity contribution in [3.05, 3.63) is 24.0 Å². The van der Waals surface area contributed by atoms with Crippen molar-refractivity contribution < 1.29 is 13.9 Å². The number of ether oxygens (including phenoxy) is 1. The highest BCUT2D eigenvalue weighted by Crippen LogP contribution is 2.29. The molecule has 1 saturated carbocycles. The van der Waals surface area contributed by atoms with E-state index in [9.17, 15) is 9.18 Å². The second-order valence-corrected chi connectivity index (χ2v) is 4.54. The van der Waals surface area contributed by atoms with Gasteiger partial charge >= 0.3 is 0 Å². The Kier molecular flexibility index (Phi) is 4.18. The van der Waals surface area contributed by atoms with Crippen LogP contribution in [-0.2, 0) is 4.79 Å². The third-order valence-electron chi connectivity index (χ3n) is 3.23. The molecule has 1 fully saturated rings. The highest BCUT2D eigenvalue weighted by molar-refractivity contribution is 5.94. The summed E-state index contributed by atoms with van der Waals surface area (Å²) in [6, 6.07) is 4.17. The molecule has 0 heterocycles. The number of benzene rings is 1. The first-order valence-electron chi connectivity index (χ1n) is 6.44. The van der Waals surface area contributed by atoms with Crippen molar-refractivity contribution in [1.82, 2.24) is 0 Å². The molecule has 0 aliphatic heterocycles. The third kappa shape index (κ3) is 3.00. The minimum Gasteiger partial charge on any atom is -0.492 e. The van der Waals surface area contributed by atoms with Gasteiger partial charge in [0.25, 0.3) is 0 Å². The fourth-order valence-corrected chi connectivity index (χ4v) is 2.30. The maximum absolute atomic E-state index is 13.1. The maximum atomic E-state index is 13.1. The number of anilines is 1. The number of rotatable bonds is 4. The lowest BCUT2D eigenvalue weighted by molar-refractivity contribution is -0.119. The quantitative estimate of drug-likeness (QED) is 0.891. The van der Waals surface area contributed by atoms with Crippen LogP contribution < -0.4 is 10.1 Å². The normalized spacial score (nSPS) is 15.7. The van der Waals surface area contributed by atoms with Crippen molar-refractivity contribution >= 4 is 11.6 Å². The first-order chi connectivity index (χ1) is 8.70. The summed E-state index contributed by atoms with van der Waals surface area (Å²) in [7, 11) is 0. The number of nitrogens with one attached hydrogen (secondary N) is 1. The Labute approximate surface area is 106 Å². The average Bonchev–Trinajstić information content (AvgIpc) is 2.86. The van der Waals surface area contributed by atoms with Crippen molar-refractivity contribution in [1.29, 1.82) is 0 Å². The molecule has 0 radical (unpaired) electrons. The Morgan fingerprint density at radius 1 is 1.44 bits per heavy atom. The lowest BCUT2D eigenvalue weighted by atomic mass is 10.1. The molecule has 0 atom stereocenters. The molecule has 18 heavy (non-hydrogen) atoms. The van der Waals surface area contributed by atoms with E-state index in [1.165, 1.54) is 12.1 Å². The zero-order valence-corrected chi connectivity index (χ0v) is 10.5. The molecular weight excluding hydrogens is 233 g/mol. The van der Waals surface area contributed by atoms with E-state index >= 15 is 0 Å². The minimum atomic E-state index is -0.364. The molecule has 1 amide bonds. The molecule has 1 aliphatic carbocycles. The Morgan fingerprint density at radius 3 is 2.83 bits per heavy atom. The summed E-state index contributed by atoms with van der Waals surface area (Å²) in [5.41, 5.74) is 0.551. The standard InChI is InChI=1S/C14H18FNO2/c1-2-18-13-9-11(15)7-8-12(13)16-14(17)10-5-3-4-6-10/h7-10H,2-6H2,1H3,(H,16,17). The van der Waals surface area contributed by atoms with E-state index in [2.05, 4.69) is 5.32 Å². The van der Waals surface area contributed by atoms with E-state index in [0.29, 0.717) is 18.0 Å². The van der Waals surface area contributed by atoms with Crippen molar-refractivity contribution in [3.63, 3.8) is 0 Å². The zero-order chi connectivity index (χ0) is 13.0. The zero-order valence-electron chi connectivity index (χ0n) is 10.5. The van der Waals surface area contributed by atoms with Crippen LogP contribution in [0.5, 0.6) is 5.75 Å². The summed E-state index contributed by atoms with van der Waals surface area (Å²) < 4.78 is 18.4.